The van der Waals surface area contributed by atoms with Crippen LogP contribution < -0.4 is 0 Å². The van der Waals surface area contributed by atoms with Crippen LogP contribution in [0.5, 0.6) is 0 Å². The van der Waals surface area contributed by atoms with Gasteiger partial charge in [0.15, 0.2) is 8.32 Å². The number of rotatable bonds is 31. The third-order valence-corrected chi connectivity index (χ3v) is 38.9. The maximum Gasteiger partial charge on any atom is 0.393 e. The molecule has 0 aromatic carbocycles. The molecular formula is C46H102O6Si5. The highest BCUT2D eigenvalue weighted by atomic mass is 28.5. The van der Waals surface area contributed by atoms with Gasteiger partial charge in [-0.2, -0.15) is 0 Å². The molecule has 0 unspecified atom stereocenters. The molecule has 0 saturated carbocycles. The molecule has 0 amide bonds. The lowest BCUT2D eigenvalue weighted by molar-refractivity contribution is -0.133. The van der Waals surface area contributed by atoms with Gasteiger partial charge < -0.3 is 20.9 Å². The van der Waals surface area contributed by atoms with E-state index in [2.05, 4.69) is 152 Å². The summed E-state index contributed by atoms with van der Waals surface area (Å²) in [6.45, 7) is 53.3. The van der Waals surface area contributed by atoms with Gasteiger partial charge in [-0.3, -0.25) is 4.79 Å². The Morgan fingerprint density at radius 1 is 0.298 bits per heavy atom. The van der Waals surface area contributed by atoms with Crippen molar-refractivity contribution in [2.45, 2.75) is 226 Å². The van der Waals surface area contributed by atoms with Gasteiger partial charge >= 0.3 is 34.2 Å². The van der Waals surface area contributed by atoms with Gasteiger partial charge in [0.05, 0.1) is 0 Å². The van der Waals surface area contributed by atoms with Gasteiger partial charge in [-0.25, -0.2) is 0 Å². The van der Waals surface area contributed by atoms with Gasteiger partial charge in [-0.1, -0.05) is 152 Å². The Bertz CT molecular complexity index is 1040. The summed E-state index contributed by atoms with van der Waals surface area (Å²) in [4.78, 5) is 13.2. The van der Waals surface area contributed by atoms with E-state index in [1.54, 1.807) is 6.92 Å². The first-order valence-corrected chi connectivity index (χ1v) is 35.3. The lowest BCUT2D eigenvalue weighted by atomic mass is 10.2. The summed E-state index contributed by atoms with van der Waals surface area (Å²) in [5.74, 6) is 4.49. The molecule has 0 aliphatic carbocycles. The van der Waals surface area contributed by atoms with Crippen LogP contribution in [0.3, 0.4) is 0 Å². The van der Waals surface area contributed by atoms with Crippen LogP contribution in [0.15, 0.2) is 0 Å². The SMILES string of the molecule is CC(=O)O[Si](CC(C)C)(CC(C)C)O[Si](CC(C)C)(CC(C)C)O[Si](CC(C)C)(CC(C)C)O[Si](CC(C)C)(CC(C)C)O[Si](CC(C)C)(CC(C)C)CC(C)C. The van der Waals surface area contributed by atoms with E-state index in [4.69, 9.17) is 20.9 Å². The van der Waals surface area contributed by atoms with Crippen LogP contribution in [-0.4, -0.2) is 48.5 Å². The Balaban J connectivity index is 8.63. The molecule has 0 atom stereocenters. The minimum Gasteiger partial charge on any atom is -0.495 e. The van der Waals surface area contributed by atoms with Gasteiger partial charge in [0.25, 0.3) is 5.97 Å². The Labute approximate surface area is 363 Å². The first-order chi connectivity index (χ1) is 25.8. The van der Waals surface area contributed by atoms with Crippen molar-refractivity contribution >= 4 is 48.5 Å². The lowest BCUT2D eigenvalue weighted by Gasteiger charge is -2.52. The summed E-state index contributed by atoms with van der Waals surface area (Å²) in [5, 5.41) is 0. The summed E-state index contributed by atoms with van der Waals surface area (Å²) >= 11 is 0. The van der Waals surface area contributed by atoms with Crippen molar-refractivity contribution in [3.05, 3.63) is 0 Å². The number of carbonyl (C=O) groups is 1. The molecule has 0 heterocycles. The third-order valence-electron chi connectivity index (χ3n) is 9.94. The number of hydrogen-bond donors (Lipinski definition) is 0. The second-order valence-electron chi connectivity index (χ2n) is 23.4. The Hall–Kier alpha value is 0.394. The standard InChI is InChI=1S/C46H102O6Si5/c1-35(2)24-53(25-36(3)4,26-37(5)6)49-55(29-40(11)12,30-41(13)14)51-57(33-44(19)20,34-45(21)22)52-56(31-42(15)16,32-43(17)18)50-54(27-38(7)8,28-39(9)10)48-46(23)47/h35-45H,24-34H2,1-23H3. The maximum atomic E-state index is 13.2. The highest BCUT2D eigenvalue weighted by molar-refractivity contribution is 6.92. The molecule has 11 heteroatoms. The summed E-state index contributed by atoms with van der Waals surface area (Å²) in [7, 11) is -14.6. The molecule has 6 nitrogen and oxygen atoms in total. The number of hydrogen-bond acceptors (Lipinski definition) is 6. The highest BCUT2D eigenvalue weighted by Crippen LogP contribution is 2.46. The second kappa shape index (κ2) is 25.5. The van der Waals surface area contributed by atoms with E-state index in [-0.39, 0.29) is 5.97 Å². The van der Waals surface area contributed by atoms with Crippen LogP contribution in [-0.2, 0) is 25.7 Å². The minimum absolute atomic E-state index is 0.223. The molecule has 0 aliphatic heterocycles. The molecule has 0 radical (unpaired) electrons. The average Bonchev–Trinajstić information content (AvgIpc) is 2.86. The first-order valence-electron chi connectivity index (χ1n) is 23.8. The van der Waals surface area contributed by atoms with E-state index in [1.807, 2.05) is 0 Å². The van der Waals surface area contributed by atoms with Crippen molar-refractivity contribution in [2.24, 2.45) is 65.1 Å². The van der Waals surface area contributed by atoms with Gasteiger partial charge in [-0.15, -0.1) is 0 Å². The van der Waals surface area contributed by atoms with E-state index in [9.17, 15) is 4.79 Å². The molecule has 0 fully saturated rings. The minimum atomic E-state index is -3.14. The molecule has 0 aromatic heterocycles. The second-order valence-corrected chi connectivity index (χ2v) is 41.0. The molecule has 57 heavy (non-hydrogen) atoms. The summed E-state index contributed by atoms with van der Waals surface area (Å²) in [6, 6.07) is 10.6. The van der Waals surface area contributed by atoms with Crippen LogP contribution in [0, 0.1) is 65.1 Å². The molecule has 0 aliphatic rings. The van der Waals surface area contributed by atoms with Crippen molar-refractivity contribution in [3.8, 4) is 0 Å². The van der Waals surface area contributed by atoms with E-state index in [0.717, 1.165) is 48.4 Å². The fourth-order valence-electron chi connectivity index (χ4n) is 10.3. The topological polar surface area (TPSA) is 63.2 Å². The predicted octanol–water partition coefficient (Wildman–Crippen LogP) is 15.5. The lowest BCUT2D eigenvalue weighted by Crippen LogP contribution is -2.67. The molecule has 0 saturated heterocycles. The molecular weight excluding hydrogens is 789 g/mol. The summed E-state index contributed by atoms with van der Waals surface area (Å²) in [6.07, 6.45) is 0. The zero-order chi connectivity index (χ0) is 44.7. The summed E-state index contributed by atoms with van der Waals surface area (Å²) in [5.41, 5.74) is 0. The van der Waals surface area contributed by atoms with Crippen LogP contribution in [0.25, 0.3) is 0 Å². The smallest absolute Gasteiger partial charge is 0.393 e. The molecule has 0 rings (SSSR count). The van der Waals surface area contributed by atoms with E-state index in [1.165, 1.54) is 18.1 Å². The molecule has 342 valence electrons. The van der Waals surface area contributed by atoms with Gasteiger partial charge in [0, 0.05) is 19.0 Å². The van der Waals surface area contributed by atoms with Gasteiger partial charge in [0.1, 0.15) is 0 Å². The van der Waals surface area contributed by atoms with Gasteiger partial charge in [0.2, 0.25) is 0 Å². The molecule has 0 bridgehead atoms. The largest absolute Gasteiger partial charge is 0.495 e. The normalized spacial score (nSPS) is 14.3. The zero-order valence-electron chi connectivity index (χ0n) is 42.6. The van der Waals surface area contributed by atoms with Crippen LogP contribution >= 0.6 is 0 Å². The monoisotopic (exact) mass is 891 g/mol. The Morgan fingerprint density at radius 2 is 0.474 bits per heavy atom. The van der Waals surface area contributed by atoms with Crippen molar-refractivity contribution < 1.29 is 25.7 Å². The molecule has 0 N–H and O–H groups in total. The van der Waals surface area contributed by atoms with Crippen molar-refractivity contribution in [1.82, 2.24) is 0 Å². The van der Waals surface area contributed by atoms with Crippen LogP contribution in [0.4, 0.5) is 0 Å². The van der Waals surface area contributed by atoms with Gasteiger partial charge in [-0.05, 0) is 119 Å². The van der Waals surface area contributed by atoms with Crippen LogP contribution in [0.2, 0.25) is 66.5 Å². The fraction of sp³-hybridized carbons (Fsp3) is 0.978. The summed E-state index contributed by atoms with van der Waals surface area (Å²) < 4.78 is 39.8. The van der Waals surface area contributed by atoms with E-state index >= 15 is 0 Å². The molecule has 0 spiro atoms. The van der Waals surface area contributed by atoms with Crippen LogP contribution in [0.1, 0.15) is 159 Å². The Kier molecular flexibility index (Phi) is 25.7. The van der Waals surface area contributed by atoms with E-state index < -0.39 is 42.6 Å². The molecule has 0 aromatic rings. The van der Waals surface area contributed by atoms with Crippen molar-refractivity contribution in [1.29, 1.82) is 0 Å². The maximum absolute atomic E-state index is 13.2. The third kappa shape index (κ3) is 23.4. The average molecular weight is 892 g/mol. The fourth-order valence-corrected chi connectivity index (χ4v) is 45.4. The predicted molar refractivity (Wildman–Crippen MR) is 261 cm³/mol. The quantitative estimate of drug-likeness (QED) is 0.0646. The highest BCUT2D eigenvalue weighted by Gasteiger charge is 2.60. The van der Waals surface area contributed by atoms with Crippen molar-refractivity contribution in [2.75, 3.05) is 0 Å². The van der Waals surface area contributed by atoms with E-state index in [0.29, 0.717) is 65.1 Å². The first kappa shape index (κ1) is 57.4. The zero-order valence-corrected chi connectivity index (χ0v) is 47.6. The Morgan fingerprint density at radius 3 is 0.667 bits per heavy atom. The van der Waals surface area contributed by atoms with Crippen molar-refractivity contribution in [3.63, 3.8) is 0 Å². The number of carbonyl (C=O) groups excluding carboxylic acids is 1.